The lowest BCUT2D eigenvalue weighted by molar-refractivity contribution is -0.691. The predicted molar refractivity (Wildman–Crippen MR) is 69.4 cm³/mol. The highest BCUT2D eigenvalue weighted by atomic mass is 32.1. The third kappa shape index (κ3) is 2.61. The maximum atomic E-state index is 12.1. The first kappa shape index (κ1) is 12.0. The van der Waals surface area contributed by atoms with Crippen LogP contribution in [-0.4, -0.2) is 5.78 Å². The van der Waals surface area contributed by atoms with Gasteiger partial charge in [0, 0.05) is 18.9 Å². The molecule has 0 radical (unpaired) electrons. The molecule has 3 heteroatoms. The first-order valence-corrected chi connectivity index (χ1v) is 6.65. The van der Waals surface area contributed by atoms with Gasteiger partial charge in [-0.05, 0) is 0 Å². The molecule has 0 unspecified atom stereocenters. The smallest absolute Gasteiger partial charge is 0.237 e. The molecule has 2 nitrogen and oxygen atoms in total. The van der Waals surface area contributed by atoms with Gasteiger partial charge in [-0.3, -0.25) is 4.79 Å². The van der Waals surface area contributed by atoms with Gasteiger partial charge in [-0.2, -0.15) is 4.57 Å². The van der Waals surface area contributed by atoms with Crippen molar-refractivity contribution in [3.05, 3.63) is 52.0 Å². The number of nitrogens with zero attached hydrogens (tertiary/aromatic N) is 1. The van der Waals surface area contributed by atoms with E-state index in [-0.39, 0.29) is 5.78 Å². The fraction of sp³-hybridized carbons (Fsp3) is 0.286. The van der Waals surface area contributed by atoms with Crippen molar-refractivity contribution in [1.29, 1.82) is 0 Å². The second-order valence-corrected chi connectivity index (χ2v) is 4.94. The molecule has 0 fully saturated rings. The molecule has 0 saturated heterocycles. The van der Waals surface area contributed by atoms with E-state index >= 15 is 0 Å². The standard InChI is InChI=1S/C14H16NOS/c1-3-14-15(11(2)10-17-14)9-13(16)12-7-5-4-6-8-12/h4-8,10H,3,9H2,1-2H3/q+1. The fourth-order valence-corrected chi connectivity index (χ4v) is 2.76. The first-order valence-electron chi connectivity index (χ1n) is 5.77. The van der Waals surface area contributed by atoms with Crippen molar-refractivity contribution in [2.24, 2.45) is 0 Å². The van der Waals surface area contributed by atoms with Crippen LogP contribution in [0.2, 0.25) is 0 Å². The van der Waals surface area contributed by atoms with E-state index in [1.54, 1.807) is 11.3 Å². The number of aryl methyl sites for hydroxylation is 2. The van der Waals surface area contributed by atoms with E-state index in [0.717, 1.165) is 17.7 Å². The van der Waals surface area contributed by atoms with E-state index in [2.05, 4.69) is 16.9 Å². The average molecular weight is 246 g/mol. The lowest BCUT2D eigenvalue weighted by atomic mass is 10.1. The molecule has 1 heterocycles. The van der Waals surface area contributed by atoms with E-state index < -0.39 is 0 Å². The van der Waals surface area contributed by atoms with Crippen LogP contribution in [0.15, 0.2) is 35.7 Å². The number of carbonyl (C=O) groups excluding carboxylic acids is 1. The van der Waals surface area contributed by atoms with Crippen LogP contribution in [0.5, 0.6) is 0 Å². The number of carbonyl (C=O) groups is 1. The first-order chi connectivity index (χ1) is 8.22. The number of hydrogen-bond acceptors (Lipinski definition) is 2. The molecule has 2 aromatic rings. The van der Waals surface area contributed by atoms with Gasteiger partial charge in [0.25, 0.3) is 0 Å². The number of rotatable bonds is 4. The summed E-state index contributed by atoms with van der Waals surface area (Å²) in [6.45, 7) is 4.62. The summed E-state index contributed by atoms with van der Waals surface area (Å²) in [6, 6.07) is 9.47. The average Bonchev–Trinajstić information content (AvgIpc) is 2.71. The van der Waals surface area contributed by atoms with Gasteiger partial charge in [-0.1, -0.05) is 48.6 Å². The van der Waals surface area contributed by atoms with Crippen LogP contribution in [0.4, 0.5) is 0 Å². The predicted octanol–water partition coefficient (Wildman–Crippen LogP) is 2.79. The Hall–Kier alpha value is -1.48. The number of ketones is 1. The largest absolute Gasteiger partial charge is 0.287 e. The zero-order valence-electron chi connectivity index (χ0n) is 10.1. The highest BCUT2D eigenvalue weighted by Crippen LogP contribution is 2.08. The lowest BCUT2D eigenvalue weighted by Crippen LogP contribution is -2.42. The van der Waals surface area contributed by atoms with Crippen molar-refractivity contribution >= 4 is 17.1 Å². The van der Waals surface area contributed by atoms with E-state index in [9.17, 15) is 4.79 Å². The molecule has 0 N–H and O–H groups in total. The van der Waals surface area contributed by atoms with Crippen molar-refractivity contribution < 1.29 is 9.36 Å². The van der Waals surface area contributed by atoms with Gasteiger partial charge >= 0.3 is 0 Å². The Kier molecular flexibility index (Phi) is 3.69. The molecule has 1 aromatic carbocycles. The Bertz CT molecular complexity index is 516. The van der Waals surface area contributed by atoms with E-state index in [0.29, 0.717) is 6.54 Å². The molecule has 0 atom stereocenters. The number of hydrogen-bond donors (Lipinski definition) is 0. The third-order valence-corrected chi connectivity index (χ3v) is 4.03. The summed E-state index contributed by atoms with van der Waals surface area (Å²) in [5, 5.41) is 3.36. The lowest BCUT2D eigenvalue weighted by Gasteiger charge is -1.99. The Morgan fingerprint density at radius 2 is 2.00 bits per heavy atom. The second-order valence-electron chi connectivity index (χ2n) is 4.00. The molecule has 2 rings (SSSR count). The summed E-state index contributed by atoms with van der Waals surface area (Å²) in [5.41, 5.74) is 1.95. The van der Waals surface area contributed by atoms with Crippen LogP contribution in [0.3, 0.4) is 0 Å². The SMILES string of the molecule is CCc1scc(C)[n+]1CC(=O)c1ccccc1. The highest BCUT2D eigenvalue weighted by Gasteiger charge is 2.19. The summed E-state index contributed by atoms with van der Waals surface area (Å²) in [6.07, 6.45) is 0.973. The zero-order valence-corrected chi connectivity index (χ0v) is 11.0. The summed E-state index contributed by atoms with van der Waals surface area (Å²) >= 11 is 1.72. The molecule has 0 aliphatic carbocycles. The summed E-state index contributed by atoms with van der Waals surface area (Å²) < 4.78 is 2.11. The van der Waals surface area contributed by atoms with Gasteiger partial charge in [0.2, 0.25) is 17.3 Å². The Morgan fingerprint density at radius 3 is 2.65 bits per heavy atom. The number of aromatic nitrogens is 1. The van der Waals surface area contributed by atoms with E-state index in [1.165, 1.54) is 5.01 Å². The Labute approximate surface area is 106 Å². The molecule has 0 saturated carbocycles. The molecular formula is C14H16NOS+. The van der Waals surface area contributed by atoms with E-state index in [1.807, 2.05) is 37.3 Å². The fourth-order valence-electron chi connectivity index (χ4n) is 1.82. The van der Waals surface area contributed by atoms with Gasteiger partial charge < -0.3 is 0 Å². The zero-order chi connectivity index (χ0) is 12.3. The molecule has 88 valence electrons. The molecule has 1 aromatic heterocycles. The molecular weight excluding hydrogens is 230 g/mol. The molecule has 0 spiro atoms. The molecule has 0 amide bonds. The topological polar surface area (TPSA) is 20.9 Å². The van der Waals surface area contributed by atoms with Gasteiger partial charge in [0.1, 0.15) is 0 Å². The van der Waals surface area contributed by atoms with Crippen LogP contribution in [0.1, 0.15) is 28.0 Å². The summed E-state index contributed by atoms with van der Waals surface area (Å²) in [4.78, 5) is 12.1. The number of thiazole rings is 1. The molecule has 17 heavy (non-hydrogen) atoms. The Balaban J connectivity index is 2.21. The molecule has 0 aliphatic rings. The minimum atomic E-state index is 0.173. The van der Waals surface area contributed by atoms with Gasteiger partial charge in [0.15, 0.2) is 5.69 Å². The quantitative estimate of drug-likeness (QED) is 0.600. The van der Waals surface area contributed by atoms with Crippen LogP contribution < -0.4 is 4.57 Å². The Morgan fingerprint density at radius 1 is 1.29 bits per heavy atom. The molecule has 0 aliphatic heterocycles. The van der Waals surface area contributed by atoms with E-state index in [4.69, 9.17) is 0 Å². The number of Topliss-reactive ketones (excluding diaryl/α,β-unsaturated/α-hetero) is 1. The monoisotopic (exact) mass is 246 g/mol. The maximum Gasteiger partial charge on any atom is 0.237 e. The van der Waals surface area contributed by atoms with Crippen LogP contribution in [0, 0.1) is 6.92 Å². The second kappa shape index (κ2) is 5.23. The molecule has 0 bridgehead atoms. The summed E-state index contributed by atoms with van der Waals surface area (Å²) in [7, 11) is 0. The van der Waals surface area contributed by atoms with Gasteiger partial charge in [-0.15, -0.1) is 0 Å². The van der Waals surface area contributed by atoms with Crippen molar-refractivity contribution in [2.45, 2.75) is 26.8 Å². The van der Waals surface area contributed by atoms with Crippen LogP contribution in [-0.2, 0) is 13.0 Å². The van der Waals surface area contributed by atoms with Crippen LogP contribution in [0.25, 0.3) is 0 Å². The third-order valence-electron chi connectivity index (χ3n) is 2.79. The van der Waals surface area contributed by atoms with Crippen molar-refractivity contribution in [2.75, 3.05) is 0 Å². The van der Waals surface area contributed by atoms with Crippen molar-refractivity contribution in [3.63, 3.8) is 0 Å². The van der Waals surface area contributed by atoms with Gasteiger partial charge in [0.05, 0.1) is 5.38 Å². The minimum absolute atomic E-state index is 0.173. The highest BCUT2D eigenvalue weighted by molar-refractivity contribution is 7.09. The van der Waals surface area contributed by atoms with Gasteiger partial charge in [-0.25, -0.2) is 0 Å². The minimum Gasteiger partial charge on any atom is -0.287 e. The maximum absolute atomic E-state index is 12.1. The van der Waals surface area contributed by atoms with Crippen LogP contribution >= 0.6 is 11.3 Å². The number of benzene rings is 1. The van der Waals surface area contributed by atoms with Crippen molar-refractivity contribution in [3.8, 4) is 0 Å². The van der Waals surface area contributed by atoms with Crippen molar-refractivity contribution in [1.82, 2.24) is 0 Å². The summed E-state index contributed by atoms with van der Waals surface area (Å²) in [5.74, 6) is 0.173. The normalized spacial score (nSPS) is 10.5.